The van der Waals surface area contributed by atoms with Crippen molar-refractivity contribution in [2.45, 2.75) is 37.3 Å². The first kappa shape index (κ1) is 21.8. The molecule has 5 nitrogen and oxygen atoms in total. The zero-order valence-corrected chi connectivity index (χ0v) is 18.9. The molecule has 3 aromatic rings. The van der Waals surface area contributed by atoms with Gasteiger partial charge in [0.15, 0.2) is 0 Å². The molecule has 33 heavy (non-hydrogen) atoms. The molecule has 5 heteroatoms. The van der Waals surface area contributed by atoms with Gasteiger partial charge in [-0.1, -0.05) is 60.7 Å². The lowest BCUT2D eigenvalue weighted by Gasteiger charge is -2.57. The Balaban J connectivity index is 1.35. The van der Waals surface area contributed by atoms with E-state index in [1.165, 1.54) is 16.7 Å². The molecule has 0 bridgehead atoms. The van der Waals surface area contributed by atoms with Gasteiger partial charge in [0.2, 0.25) is 5.91 Å². The van der Waals surface area contributed by atoms with E-state index in [-0.39, 0.29) is 30.5 Å². The number of aliphatic hydroxyl groups excluding tert-OH is 1. The van der Waals surface area contributed by atoms with Crippen LogP contribution in [-0.4, -0.2) is 64.1 Å². The number of aliphatic hydroxyl groups is 1. The number of hydrogen-bond acceptors (Lipinski definition) is 4. The van der Waals surface area contributed by atoms with Crippen LogP contribution in [0.15, 0.2) is 79.0 Å². The van der Waals surface area contributed by atoms with Gasteiger partial charge in [0.1, 0.15) is 0 Å². The molecule has 1 amide bonds. The molecule has 2 aliphatic rings. The third-order valence-corrected chi connectivity index (χ3v) is 7.18. The van der Waals surface area contributed by atoms with E-state index in [4.69, 9.17) is 0 Å². The van der Waals surface area contributed by atoms with Crippen LogP contribution >= 0.6 is 0 Å². The normalized spacial score (nSPS) is 23.2. The number of carbonyl (C=O) groups is 1. The van der Waals surface area contributed by atoms with Crippen LogP contribution in [-0.2, 0) is 11.2 Å². The Bertz CT molecular complexity index is 1060. The Kier molecular flexibility index (Phi) is 6.51. The summed E-state index contributed by atoms with van der Waals surface area (Å²) in [7, 11) is 0. The summed E-state index contributed by atoms with van der Waals surface area (Å²) in [5.74, 6) is 0.365. The van der Waals surface area contributed by atoms with Crippen LogP contribution in [0, 0.1) is 0 Å². The molecule has 0 radical (unpaired) electrons. The summed E-state index contributed by atoms with van der Waals surface area (Å²) in [5, 5.41) is 10.2. The first-order chi connectivity index (χ1) is 16.2. The van der Waals surface area contributed by atoms with Crippen molar-refractivity contribution < 1.29 is 9.90 Å². The number of nitrogens with zero attached hydrogens (tertiary/aromatic N) is 3. The van der Waals surface area contributed by atoms with E-state index in [0.717, 1.165) is 31.6 Å². The van der Waals surface area contributed by atoms with Gasteiger partial charge >= 0.3 is 0 Å². The molecule has 2 saturated heterocycles. The van der Waals surface area contributed by atoms with Crippen molar-refractivity contribution in [1.82, 2.24) is 14.8 Å². The first-order valence-corrected chi connectivity index (χ1v) is 11.9. The predicted octanol–water partition coefficient (Wildman–Crippen LogP) is 3.74. The summed E-state index contributed by atoms with van der Waals surface area (Å²) in [5.41, 5.74) is 4.46. The highest BCUT2D eigenvalue weighted by Gasteiger charge is 2.49. The van der Waals surface area contributed by atoms with Crippen molar-refractivity contribution in [3.63, 3.8) is 0 Å². The number of benzene rings is 2. The SMILES string of the molecule is O=C(Cc1ccccn1)N1CCCCN2[C@H](CO)[C@@H](c3ccc(-c4ccccc4)cc3)[C@H]2C1. The summed E-state index contributed by atoms with van der Waals surface area (Å²) in [4.78, 5) is 21.9. The lowest BCUT2D eigenvalue weighted by Crippen LogP contribution is -2.68. The molecular weight excluding hydrogens is 410 g/mol. The Labute approximate surface area is 195 Å². The summed E-state index contributed by atoms with van der Waals surface area (Å²) in [6.45, 7) is 2.62. The molecule has 1 aromatic heterocycles. The van der Waals surface area contributed by atoms with Crippen molar-refractivity contribution in [2.75, 3.05) is 26.2 Å². The van der Waals surface area contributed by atoms with E-state index in [2.05, 4.69) is 58.4 Å². The lowest BCUT2D eigenvalue weighted by atomic mass is 9.74. The van der Waals surface area contributed by atoms with Crippen molar-refractivity contribution >= 4 is 5.91 Å². The van der Waals surface area contributed by atoms with Crippen LogP contribution in [0.5, 0.6) is 0 Å². The summed E-state index contributed by atoms with van der Waals surface area (Å²) in [6.07, 6.45) is 4.12. The zero-order valence-electron chi connectivity index (χ0n) is 18.9. The molecule has 0 spiro atoms. The van der Waals surface area contributed by atoms with Crippen LogP contribution in [0.3, 0.4) is 0 Å². The molecule has 170 valence electrons. The molecule has 1 N–H and O–H groups in total. The highest BCUT2D eigenvalue weighted by molar-refractivity contribution is 5.78. The van der Waals surface area contributed by atoms with Crippen LogP contribution in [0.4, 0.5) is 0 Å². The Hall–Kier alpha value is -3.02. The molecule has 2 aromatic carbocycles. The topological polar surface area (TPSA) is 56.7 Å². The maximum Gasteiger partial charge on any atom is 0.228 e. The number of amides is 1. The highest BCUT2D eigenvalue weighted by Crippen LogP contribution is 2.42. The van der Waals surface area contributed by atoms with Crippen molar-refractivity contribution in [3.8, 4) is 11.1 Å². The van der Waals surface area contributed by atoms with Crippen LogP contribution in [0.25, 0.3) is 11.1 Å². The molecule has 2 fully saturated rings. The maximum atomic E-state index is 13.1. The molecule has 0 unspecified atom stereocenters. The van der Waals surface area contributed by atoms with Crippen molar-refractivity contribution in [3.05, 3.63) is 90.3 Å². The number of pyridine rings is 1. The molecule has 0 saturated carbocycles. The second-order valence-electron chi connectivity index (χ2n) is 9.11. The summed E-state index contributed by atoms with van der Waals surface area (Å²) >= 11 is 0. The van der Waals surface area contributed by atoms with Gasteiger partial charge in [0.25, 0.3) is 0 Å². The van der Waals surface area contributed by atoms with E-state index in [9.17, 15) is 9.90 Å². The third-order valence-electron chi connectivity index (χ3n) is 7.18. The van der Waals surface area contributed by atoms with E-state index in [0.29, 0.717) is 13.0 Å². The fourth-order valence-corrected chi connectivity index (χ4v) is 5.46. The van der Waals surface area contributed by atoms with E-state index < -0.39 is 0 Å². The van der Waals surface area contributed by atoms with Crippen LogP contribution in [0.2, 0.25) is 0 Å². The number of carbonyl (C=O) groups excluding carboxylic acids is 1. The Morgan fingerprint density at radius 2 is 1.64 bits per heavy atom. The number of hydrogen-bond donors (Lipinski definition) is 1. The minimum absolute atomic E-state index is 0.114. The summed E-state index contributed by atoms with van der Waals surface area (Å²) < 4.78 is 0. The molecular formula is C28H31N3O2. The average Bonchev–Trinajstić information content (AvgIpc) is 2.84. The van der Waals surface area contributed by atoms with Gasteiger partial charge in [0, 0.05) is 43.0 Å². The highest BCUT2D eigenvalue weighted by atomic mass is 16.3. The number of rotatable bonds is 5. The molecule has 2 aliphatic heterocycles. The lowest BCUT2D eigenvalue weighted by molar-refractivity contribution is -0.135. The van der Waals surface area contributed by atoms with Crippen molar-refractivity contribution in [2.24, 2.45) is 0 Å². The van der Waals surface area contributed by atoms with Crippen LogP contribution in [0.1, 0.15) is 30.0 Å². The molecule has 3 heterocycles. The predicted molar refractivity (Wildman–Crippen MR) is 130 cm³/mol. The van der Waals surface area contributed by atoms with Gasteiger partial charge < -0.3 is 10.0 Å². The van der Waals surface area contributed by atoms with E-state index >= 15 is 0 Å². The largest absolute Gasteiger partial charge is 0.395 e. The fraction of sp³-hybridized carbons (Fsp3) is 0.357. The van der Waals surface area contributed by atoms with Gasteiger partial charge in [0.05, 0.1) is 13.0 Å². The fourth-order valence-electron chi connectivity index (χ4n) is 5.46. The first-order valence-electron chi connectivity index (χ1n) is 11.9. The molecule has 5 rings (SSSR count). The standard InChI is InChI=1S/C28H31N3O2/c32-20-26-28(23-13-11-22(12-14-23)21-8-2-1-3-9-21)25-19-30(16-6-7-17-31(25)26)27(33)18-24-10-4-5-15-29-24/h1-5,8-15,25-26,28,32H,6-7,16-20H2/t25-,26-,28+/m1/s1. The molecule has 3 atom stereocenters. The number of aromatic nitrogens is 1. The second kappa shape index (κ2) is 9.86. The van der Waals surface area contributed by atoms with Gasteiger partial charge in [-0.15, -0.1) is 0 Å². The third kappa shape index (κ3) is 4.56. The Morgan fingerprint density at radius 3 is 2.36 bits per heavy atom. The van der Waals surface area contributed by atoms with Crippen molar-refractivity contribution in [1.29, 1.82) is 0 Å². The second-order valence-corrected chi connectivity index (χ2v) is 9.11. The van der Waals surface area contributed by atoms with Crippen LogP contribution < -0.4 is 0 Å². The minimum Gasteiger partial charge on any atom is -0.395 e. The summed E-state index contributed by atoms with van der Waals surface area (Å²) in [6, 6.07) is 25.2. The van der Waals surface area contributed by atoms with Gasteiger partial charge in [-0.2, -0.15) is 0 Å². The molecule has 0 aliphatic carbocycles. The van der Waals surface area contributed by atoms with E-state index in [1.54, 1.807) is 6.20 Å². The minimum atomic E-state index is 0.114. The maximum absolute atomic E-state index is 13.1. The van der Waals surface area contributed by atoms with Gasteiger partial charge in [-0.25, -0.2) is 0 Å². The van der Waals surface area contributed by atoms with E-state index in [1.807, 2.05) is 29.2 Å². The smallest absolute Gasteiger partial charge is 0.228 e. The quantitative estimate of drug-likeness (QED) is 0.655. The monoisotopic (exact) mass is 441 g/mol. The average molecular weight is 442 g/mol. The zero-order chi connectivity index (χ0) is 22.6. The number of fused-ring (bicyclic) bond motifs is 1. The Morgan fingerprint density at radius 1 is 0.909 bits per heavy atom. The van der Waals surface area contributed by atoms with Gasteiger partial charge in [-0.05, 0) is 48.2 Å². The van der Waals surface area contributed by atoms with Gasteiger partial charge in [-0.3, -0.25) is 14.7 Å².